The highest BCUT2D eigenvalue weighted by Gasteiger charge is 2.31. The lowest BCUT2D eigenvalue weighted by molar-refractivity contribution is 0.0367. The molecule has 7 heteroatoms. The molecule has 2 rings (SSSR count). The van der Waals surface area contributed by atoms with E-state index in [2.05, 4.69) is 16.8 Å². The summed E-state index contributed by atoms with van der Waals surface area (Å²) in [5.41, 5.74) is 5.82. The maximum absolute atomic E-state index is 12.5. The number of hydrogen-bond acceptors (Lipinski definition) is 5. The molecule has 0 spiro atoms. The van der Waals surface area contributed by atoms with Crippen LogP contribution in [0.2, 0.25) is 0 Å². The van der Waals surface area contributed by atoms with Gasteiger partial charge in [-0.25, -0.2) is 12.7 Å². The van der Waals surface area contributed by atoms with Crippen LogP contribution in [-0.4, -0.2) is 49.1 Å². The number of rotatable bonds is 4. The number of nitrogens with two attached hydrogens (primary N) is 1. The summed E-state index contributed by atoms with van der Waals surface area (Å²) in [6, 6.07) is 1.50. The van der Waals surface area contributed by atoms with Crippen LogP contribution in [0.1, 0.15) is 18.4 Å². The van der Waals surface area contributed by atoms with E-state index in [0.29, 0.717) is 24.9 Å². The molecule has 114 valence electrons. The molecule has 1 aliphatic rings. The van der Waals surface area contributed by atoms with Gasteiger partial charge in [0.15, 0.2) is 0 Å². The monoisotopic (exact) mass is 309 g/mol. The summed E-state index contributed by atoms with van der Waals surface area (Å²) in [7, 11) is -2.05. The van der Waals surface area contributed by atoms with E-state index in [1.54, 1.807) is 0 Å². The molecule has 0 saturated heterocycles. The van der Waals surface area contributed by atoms with Crippen molar-refractivity contribution >= 4 is 10.0 Å². The molecule has 21 heavy (non-hydrogen) atoms. The van der Waals surface area contributed by atoms with E-state index in [9.17, 15) is 13.5 Å². The van der Waals surface area contributed by atoms with E-state index < -0.39 is 10.0 Å². The summed E-state index contributed by atoms with van der Waals surface area (Å²) in [6.07, 6.45) is 3.84. The van der Waals surface area contributed by atoms with Gasteiger partial charge >= 0.3 is 0 Å². The molecule has 1 aromatic heterocycles. The topological polar surface area (TPSA) is 96.5 Å². The Morgan fingerprint density at radius 2 is 2.19 bits per heavy atom. The maximum Gasteiger partial charge on any atom is 0.244 e. The van der Waals surface area contributed by atoms with Crippen molar-refractivity contribution in [3.8, 4) is 11.8 Å². The first-order chi connectivity index (χ1) is 9.93. The van der Waals surface area contributed by atoms with Gasteiger partial charge in [0.2, 0.25) is 10.0 Å². The van der Waals surface area contributed by atoms with Crippen LogP contribution in [0.25, 0.3) is 0 Å². The summed E-state index contributed by atoms with van der Waals surface area (Å²) in [4.78, 5) is 4.04. The molecule has 1 saturated carbocycles. The van der Waals surface area contributed by atoms with Crippen molar-refractivity contribution in [2.24, 2.45) is 11.7 Å². The second-order valence-electron chi connectivity index (χ2n) is 5.19. The zero-order chi connectivity index (χ0) is 15.5. The molecule has 6 nitrogen and oxygen atoms in total. The molecule has 0 unspecified atom stereocenters. The molecular weight excluding hydrogens is 290 g/mol. The number of aliphatic hydroxyl groups excluding tert-OH is 1. The Balaban J connectivity index is 2.14. The van der Waals surface area contributed by atoms with Gasteiger partial charge in [0, 0.05) is 31.5 Å². The molecule has 0 aliphatic heterocycles. The minimum Gasteiger partial charge on any atom is -0.393 e. The minimum atomic E-state index is -3.59. The van der Waals surface area contributed by atoms with Crippen molar-refractivity contribution < 1.29 is 13.5 Å². The number of nitrogens with zero attached hydrogens (tertiary/aromatic N) is 2. The number of hydrogen-bond donors (Lipinski definition) is 2. The zero-order valence-electron chi connectivity index (χ0n) is 11.9. The van der Waals surface area contributed by atoms with Gasteiger partial charge in [0.1, 0.15) is 4.90 Å². The number of aromatic nitrogens is 1. The Morgan fingerprint density at radius 1 is 1.48 bits per heavy atom. The third-order valence-corrected chi connectivity index (χ3v) is 5.27. The molecule has 0 atom stereocenters. The molecule has 0 radical (unpaired) electrons. The molecule has 1 heterocycles. The lowest BCUT2D eigenvalue weighted by Gasteiger charge is -2.34. The quantitative estimate of drug-likeness (QED) is 0.750. The predicted octanol–water partition coefficient (Wildman–Crippen LogP) is -0.217. The molecule has 1 fully saturated rings. The van der Waals surface area contributed by atoms with E-state index >= 15 is 0 Å². The van der Waals surface area contributed by atoms with Crippen LogP contribution in [0.15, 0.2) is 23.4 Å². The summed E-state index contributed by atoms with van der Waals surface area (Å²) in [5.74, 6) is 5.66. The number of sulfonamides is 1. The first-order valence-corrected chi connectivity index (χ1v) is 8.16. The van der Waals surface area contributed by atoms with Crippen molar-refractivity contribution in [3.63, 3.8) is 0 Å². The molecular formula is C14H19N3O3S. The Hall–Kier alpha value is -1.46. The molecule has 1 aromatic rings. The maximum atomic E-state index is 12.5. The van der Waals surface area contributed by atoms with Crippen LogP contribution in [0, 0.1) is 17.8 Å². The van der Waals surface area contributed by atoms with Gasteiger partial charge in [-0.05, 0) is 24.8 Å². The van der Waals surface area contributed by atoms with Gasteiger partial charge < -0.3 is 10.8 Å². The van der Waals surface area contributed by atoms with Crippen LogP contribution in [0.5, 0.6) is 0 Å². The summed E-state index contributed by atoms with van der Waals surface area (Å²) >= 11 is 0. The Labute approximate surface area is 125 Å². The molecule has 0 bridgehead atoms. The second-order valence-corrected chi connectivity index (χ2v) is 7.24. The van der Waals surface area contributed by atoms with Gasteiger partial charge in [0.05, 0.1) is 12.6 Å². The van der Waals surface area contributed by atoms with E-state index in [1.165, 1.54) is 29.8 Å². The second kappa shape index (κ2) is 6.54. The fourth-order valence-corrected chi connectivity index (χ4v) is 3.51. The highest BCUT2D eigenvalue weighted by atomic mass is 32.2. The van der Waals surface area contributed by atoms with Gasteiger partial charge in [-0.15, -0.1) is 0 Å². The van der Waals surface area contributed by atoms with Crippen LogP contribution < -0.4 is 5.73 Å². The van der Waals surface area contributed by atoms with Crippen molar-refractivity contribution in [1.82, 2.24) is 9.29 Å². The predicted molar refractivity (Wildman–Crippen MR) is 78.7 cm³/mol. The highest BCUT2D eigenvalue weighted by molar-refractivity contribution is 7.89. The van der Waals surface area contributed by atoms with E-state index in [1.807, 2.05) is 0 Å². The molecule has 1 aliphatic carbocycles. The fourth-order valence-electron chi connectivity index (χ4n) is 2.27. The fraction of sp³-hybridized carbons (Fsp3) is 0.500. The van der Waals surface area contributed by atoms with Crippen molar-refractivity contribution in [1.29, 1.82) is 0 Å². The van der Waals surface area contributed by atoms with Gasteiger partial charge in [0.25, 0.3) is 0 Å². The van der Waals surface area contributed by atoms with Crippen molar-refractivity contribution in [2.45, 2.75) is 23.8 Å². The van der Waals surface area contributed by atoms with Crippen LogP contribution in [0.4, 0.5) is 0 Å². The van der Waals surface area contributed by atoms with Gasteiger partial charge in [-0.2, -0.15) is 0 Å². The van der Waals surface area contributed by atoms with Gasteiger partial charge in [-0.1, -0.05) is 11.8 Å². The summed E-state index contributed by atoms with van der Waals surface area (Å²) in [6.45, 7) is 0.610. The van der Waals surface area contributed by atoms with Crippen LogP contribution in [0.3, 0.4) is 0 Å². The Kier molecular flexibility index (Phi) is 4.96. The first-order valence-electron chi connectivity index (χ1n) is 6.72. The standard InChI is InChI=1S/C14H19N3O3S/c1-17(10-12-5-13(18)6-12)21(19,20)14-7-11(3-2-4-15)8-16-9-14/h7-9,12-13,18H,4-6,10,15H2,1H3. The molecule has 3 N–H and O–H groups in total. The Morgan fingerprint density at radius 3 is 2.81 bits per heavy atom. The largest absolute Gasteiger partial charge is 0.393 e. The summed E-state index contributed by atoms with van der Waals surface area (Å²) < 4.78 is 26.2. The smallest absolute Gasteiger partial charge is 0.244 e. The lowest BCUT2D eigenvalue weighted by atomic mass is 9.82. The van der Waals surface area contributed by atoms with Crippen molar-refractivity contribution in [3.05, 3.63) is 24.0 Å². The van der Waals surface area contributed by atoms with Crippen LogP contribution in [-0.2, 0) is 10.0 Å². The molecule has 0 aromatic carbocycles. The third-order valence-electron chi connectivity index (χ3n) is 3.48. The first kappa shape index (κ1) is 15.9. The normalized spacial score (nSPS) is 21.5. The molecule has 0 amide bonds. The third kappa shape index (κ3) is 3.80. The van der Waals surface area contributed by atoms with Gasteiger partial charge in [-0.3, -0.25) is 4.98 Å². The number of aliphatic hydroxyl groups is 1. The highest BCUT2D eigenvalue weighted by Crippen LogP contribution is 2.29. The SMILES string of the molecule is CN(CC1CC(O)C1)S(=O)(=O)c1cncc(C#CCN)c1. The number of pyridine rings is 1. The van der Waals surface area contributed by atoms with E-state index in [0.717, 1.165) is 0 Å². The minimum absolute atomic E-state index is 0.119. The van der Waals surface area contributed by atoms with E-state index in [4.69, 9.17) is 5.73 Å². The van der Waals surface area contributed by atoms with Crippen molar-refractivity contribution in [2.75, 3.05) is 20.1 Å². The zero-order valence-corrected chi connectivity index (χ0v) is 12.7. The summed E-state index contributed by atoms with van der Waals surface area (Å²) in [5, 5.41) is 9.27. The Bertz CT molecular complexity index is 658. The lowest BCUT2D eigenvalue weighted by Crippen LogP contribution is -2.39. The van der Waals surface area contributed by atoms with E-state index in [-0.39, 0.29) is 23.5 Å². The average molecular weight is 309 g/mol. The average Bonchev–Trinajstić information content (AvgIpc) is 2.43. The van der Waals surface area contributed by atoms with Crippen LogP contribution >= 0.6 is 0 Å².